The molecule has 1 aromatic heterocycles. The fraction of sp³-hybridized carbons (Fsp3) is 0.333. The van der Waals surface area contributed by atoms with Gasteiger partial charge in [0.05, 0.1) is 0 Å². The van der Waals surface area contributed by atoms with Gasteiger partial charge in [-0.15, -0.1) is 5.10 Å². The van der Waals surface area contributed by atoms with E-state index in [1.165, 1.54) is 4.68 Å². The standard InChI is InChI=1S/C12H12Br2N4O2/c1-3-12(2,11(19)20)18-10(15-16-17-18)8-6-7(13)4-5-9(8)14/h4-6H,3H2,1-2H3,(H,19,20). The summed E-state index contributed by atoms with van der Waals surface area (Å²) in [5.41, 5.74) is -0.467. The number of hydrogen-bond acceptors (Lipinski definition) is 4. The van der Waals surface area contributed by atoms with Gasteiger partial charge in [0.15, 0.2) is 11.4 Å². The Morgan fingerprint density at radius 2 is 2.15 bits per heavy atom. The lowest BCUT2D eigenvalue weighted by molar-refractivity contribution is -0.147. The Bertz CT molecular complexity index is 659. The Labute approximate surface area is 132 Å². The lowest BCUT2D eigenvalue weighted by atomic mass is 9.99. The molecule has 0 aliphatic carbocycles. The van der Waals surface area contributed by atoms with Gasteiger partial charge >= 0.3 is 5.97 Å². The Hall–Kier alpha value is -1.28. The first-order chi connectivity index (χ1) is 9.40. The second-order valence-corrected chi connectivity index (χ2v) is 6.24. The maximum Gasteiger partial charge on any atom is 0.331 e. The second-order valence-electron chi connectivity index (χ2n) is 4.47. The van der Waals surface area contributed by atoms with Crippen LogP contribution in [0.1, 0.15) is 20.3 Å². The molecule has 20 heavy (non-hydrogen) atoms. The third-order valence-electron chi connectivity index (χ3n) is 3.26. The van der Waals surface area contributed by atoms with Crippen LogP contribution in [0.3, 0.4) is 0 Å². The van der Waals surface area contributed by atoms with E-state index in [2.05, 4.69) is 47.4 Å². The van der Waals surface area contributed by atoms with Gasteiger partial charge in [-0.05, 0) is 42.0 Å². The molecule has 1 N–H and O–H groups in total. The Kier molecular flexibility index (Phi) is 4.24. The largest absolute Gasteiger partial charge is 0.479 e. The van der Waals surface area contributed by atoms with Gasteiger partial charge in [-0.25, -0.2) is 9.48 Å². The maximum atomic E-state index is 11.5. The summed E-state index contributed by atoms with van der Waals surface area (Å²) < 4.78 is 3.00. The highest BCUT2D eigenvalue weighted by molar-refractivity contribution is 9.11. The van der Waals surface area contributed by atoms with E-state index in [4.69, 9.17) is 0 Å². The van der Waals surface area contributed by atoms with Gasteiger partial charge in [-0.2, -0.15) is 0 Å². The van der Waals surface area contributed by atoms with Crippen molar-refractivity contribution in [3.8, 4) is 11.4 Å². The molecule has 0 saturated heterocycles. The summed E-state index contributed by atoms with van der Waals surface area (Å²) in [6, 6.07) is 5.56. The molecule has 1 atom stereocenters. The average Bonchev–Trinajstić information content (AvgIpc) is 2.90. The molecular weight excluding hydrogens is 392 g/mol. The number of carbonyl (C=O) groups is 1. The molecule has 1 unspecified atom stereocenters. The molecule has 8 heteroatoms. The first-order valence-corrected chi connectivity index (χ1v) is 7.46. The van der Waals surface area contributed by atoms with E-state index in [1.54, 1.807) is 13.8 Å². The quantitative estimate of drug-likeness (QED) is 0.848. The Morgan fingerprint density at radius 1 is 1.45 bits per heavy atom. The van der Waals surface area contributed by atoms with Crippen molar-refractivity contribution in [1.82, 2.24) is 20.2 Å². The van der Waals surface area contributed by atoms with E-state index in [-0.39, 0.29) is 0 Å². The SMILES string of the molecule is CCC(C)(C(=O)O)n1nnnc1-c1cc(Br)ccc1Br. The van der Waals surface area contributed by atoms with Crippen LogP contribution < -0.4 is 0 Å². The number of carboxylic acids is 1. The average molecular weight is 404 g/mol. The first-order valence-electron chi connectivity index (χ1n) is 5.88. The zero-order valence-electron chi connectivity index (χ0n) is 10.8. The van der Waals surface area contributed by atoms with Crippen LogP contribution in [0.2, 0.25) is 0 Å². The first kappa shape index (κ1) is 15.1. The number of aromatic nitrogens is 4. The van der Waals surface area contributed by atoms with Crippen molar-refractivity contribution in [2.75, 3.05) is 0 Å². The van der Waals surface area contributed by atoms with Crippen LogP contribution in [0.5, 0.6) is 0 Å². The van der Waals surface area contributed by atoms with E-state index in [0.717, 1.165) is 14.5 Å². The van der Waals surface area contributed by atoms with Crippen molar-refractivity contribution >= 4 is 37.8 Å². The maximum absolute atomic E-state index is 11.5. The summed E-state index contributed by atoms with van der Waals surface area (Å²) in [4.78, 5) is 11.5. The number of rotatable bonds is 4. The molecule has 0 amide bonds. The van der Waals surface area contributed by atoms with Crippen LogP contribution in [0.25, 0.3) is 11.4 Å². The van der Waals surface area contributed by atoms with Gasteiger partial charge in [-0.3, -0.25) is 0 Å². The molecular formula is C12H12Br2N4O2. The molecule has 1 heterocycles. The smallest absolute Gasteiger partial charge is 0.331 e. The zero-order chi connectivity index (χ0) is 14.9. The summed E-state index contributed by atoms with van der Waals surface area (Å²) >= 11 is 6.82. The number of nitrogens with zero attached hydrogens (tertiary/aromatic N) is 4. The Morgan fingerprint density at radius 3 is 2.75 bits per heavy atom. The molecule has 0 spiro atoms. The Balaban J connectivity index is 2.64. The lowest BCUT2D eigenvalue weighted by Gasteiger charge is -2.24. The van der Waals surface area contributed by atoms with Crippen LogP contribution in [0.4, 0.5) is 0 Å². The van der Waals surface area contributed by atoms with Crippen molar-refractivity contribution in [3.05, 3.63) is 27.1 Å². The number of benzene rings is 1. The summed E-state index contributed by atoms with van der Waals surface area (Å²) in [7, 11) is 0. The van der Waals surface area contributed by atoms with Crippen LogP contribution in [-0.2, 0) is 10.3 Å². The van der Waals surface area contributed by atoms with Gasteiger partial charge in [-0.1, -0.05) is 38.8 Å². The van der Waals surface area contributed by atoms with E-state index in [0.29, 0.717) is 12.2 Å². The zero-order valence-corrected chi connectivity index (χ0v) is 14.0. The summed E-state index contributed by atoms with van der Waals surface area (Å²) in [6.45, 7) is 3.39. The molecule has 0 bridgehead atoms. The molecule has 6 nitrogen and oxygen atoms in total. The minimum Gasteiger partial charge on any atom is -0.479 e. The van der Waals surface area contributed by atoms with Crippen LogP contribution >= 0.6 is 31.9 Å². The number of hydrogen-bond donors (Lipinski definition) is 1. The summed E-state index contributed by atoms with van der Waals surface area (Å²) in [6.07, 6.45) is 0.367. The monoisotopic (exact) mass is 402 g/mol. The number of aliphatic carboxylic acids is 1. The molecule has 0 aliphatic rings. The van der Waals surface area contributed by atoms with Gasteiger partial charge in [0.25, 0.3) is 0 Å². The van der Waals surface area contributed by atoms with Crippen molar-refractivity contribution in [3.63, 3.8) is 0 Å². The van der Waals surface area contributed by atoms with Crippen LogP contribution in [-0.4, -0.2) is 31.3 Å². The molecule has 1 aromatic carbocycles. The molecule has 2 aromatic rings. The molecule has 2 rings (SSSR count). The van der Waals surface area contributed by atoms with E-state index in [9.17, 15) is 9.90 Å². The summed E-state index contributed by atoms with van der Waals surface area (Å²) in [5.74, 6) is -0.565. The minimum absolute atomic E-state index is 0.367. The molecule has 106 valence electrons. The third kappa shape index (κ3) is 2.49. The van der Waals surface area contributed by atoms with E-state index in [1.807, 2.05) is 18.2 Å². The lowest BCUT2D eigenvalue weighted by Crippen LogP contribution is -2.39. The predicted octanol–water partition coefficient (Wildman–Crippen LogP) is 3.07. The summed E-state index contributed by atoms with van der Waals surface area (Å²) in [5, 5.41) is 20.9. The number of tetrazole rings is 1. The molecule has 0 saturated carbocycles. The van der Waals surface area contributed by atoms with Crippen LogP contribution in [0.15, 0.2) is 27.1 Å². The highest BCUT2D eigenvalue weighted by atomic mass is 79.9. The minimum atomic E-state index is -1.19. The highest BCUT2D eigenvalue weighted by Gasteiger charge is 2.37. The van der Waals surface area contributed by atoms with Gasteiger partial charge < -0.3 is 5.11 Å². The van der Waals surface area contributed by atoms with E-state index < -0.39 is 11.5 Å². The predicted molar refractivity (Wildman–Crippen MR) is 80.2 cm³/mol. The van der Waals surface area contributed by atoms with Crippen molar-refractivity contribution < 1.29 is 9.90 Å². The fourth-order valence-corrected chi connectivity index (χ4v) is 2.53. The fourth-order valence-electron chi connectivity index (χ4n) is 1.75. The van der Waals surface area contributed by atoms with Crippen molar-refractivity contribution in [2.45, 2.75) is 25.8 Å². The highest BCUT2D eigenvalue weighted by Crippen LogP contribution is 2.32. The van der Waals surface area contributed by atoms with Crippen molar-refractivity contribution in [2.24, 2.45) is 0 Å². The van der Waals surface area contributed by atoms with Crippen LogP contribution in [0, 0.1) is 0 Å². The van der Waals surface area contributed by atoms with Gasteiger partial charge in [0.2, 0.25) is 0 Å². The second kappa shape index (κ2) is 5.61. The number of carboxylic acid groups (broad SMARTS) is 1. The molecule has 0 fully saturated rings. The molecule has 0 radical (unpaired) electrons. The third-order valence-corrected chi connectivity index (χ3v) is 4.44. The van der Waals surface area contributed by atoms with E-state index >= 15 is 0 Å². The topological polar surface area (TPSA) is 80.9 Å². The van der Waals surface area contributed by atoms with Gasteiger partial charge in [0, 0.05) is 14.5 Å². The normalized spacial score (nSPS) is 14.0. The number of halogens is 2. The van der Waals surface area contributed by atoms with Gasteiger partial charge in [0.1, 0.15) is 0 Å². The molecule has 0 aliphatic heterocycles. The van der Waals surface area contributed by atoms with Crippen molar-refractivity contribution in [1.29, 1.82) is 0 Å².